The second kappa shape index (κ2) is 8.46. The van der Waals surface area contributed by atoms with E-state index in [0.29, 0.717) is 5.75 Å². The van der Waals surface area contributed by atoms with Crippen molar-refractivity contribution in [1.82, 2.24) is 0 Å². The molecule has 0 fully saturated rings. The van der Waals surface area contributed by atoms with Gasteiger partial charge in [-0.15, -0.1) is 0 Å². The van der Waals surface area contributed by atoms with Crippen LogP contribution in [0.4, 0.5) is 0 Å². The summed E-state index contributed by atoms with van der Waals surface area (Å²) >= 11 is 0. The lowest BCUT2D eigenvalue weighted by molar-refractivity contribution is 0.167. The van der Waals surface area contributed by atoms with Gasteiger partial charge >= 0.3 is 7.82 Å². The first-order valence-corrected chi connectivity index (χ1v) is 8.69. The first-order chi connectivity index (χ1) is 9.54. The van der Waals surface area contributed by atoms with Gasteiger partial charge in [0.05, 0.1) is 13.2 Å². The lowest BCUT2D eigenvalue weighted by Gasteiger charge is -2.19. The maximum absolute atomic E-state index is 12.4. The fourth-order valence-corrected chi connectivity index (χ4v) is 3.12. The van der Waals surface area contributed by atoms with Crippen LogP contribution in [-0.4, -0.2) is 13.2 Å². The molecular weight excluding hydrogens is 275 g/mol. The van der Waals surface area contributed by atoms with Crippen LogP contribution in [0.1, 0.15) is 44.7 Å². The minimum Gasteiger partial charge on any atom is -0.404 e. The molecule has 0 aliphatic carbocycles. The van der Waals surface area contributed by atoms with E-state index in [1.165, 1.54) is 0 Å². The van der Waals surface area contributed by atoms with E-state index in [9.17, 15) is 4.57 Å². The number of hydrogen-bond acceptors (Lipinski definition) is 4. The highest BCUT2D eigenvalue weighted by molar-refractivity contribution is 7.48. The summed E-state index contributed by atoms with van der Waals surface area (Å²) in [4.78, 5) is 0. The zero-order valence-electron chi connectivity index (χ0n) is 12.8. The van der Waals surface area contributed by atoms with Gasteiger partial charge in [0.2, 0.25) is 0 Å². The zero-order valence-corrected chi connectivity index (χ0v) is 13.7. The molecule has 0 heterocycles. The lowest BCUT2D eigenvalue weighted by atomic mass is 10.1. The normalized spacial score (nSPS) is 11.6. The van der Waals surface area contributed by atoms with Gasteiger partial charge < -0.3 is 4.52 Å². The fourth-order valence-electron chi connectivity index (χ4n) is 1.89. The number of unbranched alkanes of at least 4 members (excludes halogenated alkanes) is 1. The third-order valence-electron chi connectivity index (χ3n) is 2.80. The van der Waals surface area contributed by atoms with Crippen LogP contribution in [0.3, 0.4) is 0 Å². The summed E-state index contributed by atoms with van der Waals surface area (Å²) in [5, 5.41) is 0. The van der Waals surface area contributed by atoms with Crippen molar-refractivity contribution in [2.75, 3.05) is 13.2 Å². The van der Waals surface area contributed by atoms with Crippen LogP contribution in [0, 0.1) is 6.92 Å². The Labute approximate surface area is 122 Å². The van der Waals surface area contributed by atoms with Crippen molar-refractivity contribution in [1.29, 1.82) is 0 Å². The van der Waals surface area contributed by atoms with Crippen LogP contribution >= 0.6 is 7.82 Å². The topological polar surface area (TPSA) is 44.8 Å². The molecule has 0 amide bonds. The fraction of sp³-hybridized carbons (Fsp3) is 0.600. The monoisotopic (exact) mass is 300 g/mol. The highest BCUT2D eigenvalue weighted by Gasteiger charge is 2.28. The van der Waals surface area contributed by atoms with Crippen molar-refractivity contribution >= 4 is 7.82 Å². The standard InChI is InChI=1S/C15H25O4P/c1-5-8-9-14-12-13(4)10-11-15(14)19-20(16,17-6-2)18-7-3/h10-12H,5-9H2,1-4H3. The Morgan fingerprint density at radius 1 is 1.10 bits per heavy atom. The second-order valence-corrected chi connectivity index (χ2v) is 6.18. The molecule has 0 unspecified atom stereocenters. The Hall–Kier alpha value is -0.830. The minimum absolute atomic E-state index is 0.285. The average Bonchev–Trinajstić information content (AvgIpc) is 2.39. The maximum Gasteiger partial charge on any atom is 0.530 e. The first kappa shape index (κ1) is 17.2. The zero-order chi connectivity index (χ0) is 15.0. The van der Waals surface area contributed by atoms with Crippen LogP contribution in [0.15, 0.2) is 18.2 Å². The van der Waals surface area contributed by atoms with Gasteiger partial charge in [-0.2, -0.15) is 0 Å². The number of benzene rings is 1. The summed E-state index contributed by atoms with van der Waals surface area (Å²) in [6.45, 7) is 8.27. The molecule has 0 aliphatic heterocycles. The van der Waals surface area contributed by atoms with E-state index in [1.54, 1.807) is 13.8 Å². The summed E-state index contributed by atoms with van der Waals surface area (Å²) < 4.78 is 28.4. The highest BCUT2D eigenvalue weighted by atomic mass is 31.2. The molecule has 4 nitrogen and oxygen atoms in total. The van der Waals surface area contributed by atoms with E-state index < -0.39 is 7.82 Å². The van der Waals surface area contributed by atoms with Crippen LogP contribution < -0.4 is 4.52 Å². The molecule has 0 radical (unpaired) electrons. The molecule has 0 bridgehead atoms. The summed E-state index contributed by atoms with van der Waals surface area (Å²) in [5.41, 5.74) is 2.21. The molecule has 0 saturated heterocycles. The predicted molar refractivity (Wildman–Crippen MR) is 81.3 cm³/mol. The van der Waals surface area contributed by atoms with Crippen LogP contribution in [-0.2, 0) is 20.0 Å². The predicted octanol–water partition coefficient (Wildman–Crippen LogP) is 4.90. The van der Waals surface area contributed by atoms with Crippen molar-refractivity contribution < 1.29 is 18.1 Å². The average molecular weight is 300 g/mol. The molecule has 0 aromatic heterocycles. The van der Waals surface area contributed by atoms with Crippen molar-refractivity contribution in [3.63, 3.8) is 0 Å². The van der Waals surface area contributed by atoms with Crippen molar-refractivity contribution in [2.24, 2.45) is 0 Å². The molecule has 20 heavy (non-hydrogen) atoms. The van der Waals surface area contributed by atoms with E-state index in [0.717, 1.165) is 30.4 Å². The number of phosphoric ester groups is 1. The van der Waals surface area contributed by atoms with E-state index in [1.807, 2.05) is 19.1 Å². The Bertz CT molecular complexity index is 449. The molecule has 0 aliphatic rings. The van der Waals surface area contributed by atoms with Crippen LogP contribution in [0.25, 0.3) is 0 Å². The smallest absolute Gasteiger partial charge is 0.404 e. The lowest BCUT2D eigenvalue weighted by Crippen LogP contribution is -2.04. The van der Waals surface area contributed by atoms with E-state index in [2.05, 4.69) is 13.0 Å². The van der Waals surface area contributed by atoms with Gasteiger partial charge in [0.1, 0.15) is 5.75 Å². The third-order valence-corrected chi connectivity index (χ3v) is 4.37. The van der Waals surface area contributed by atoms with Gasteiger partial charge in [-0.05, 0) is 45.2 Å². The summed E-state index contributed by atoms with van der Waals surface area (Å²) in [6.07, 6.45) is 3.06. The third kappa shape index (κ3) is 5.28. The molecule has 1 rings (SSSR count). The Morgan fingerprint density at radius 3 is 2.30 bits per heavy atom. The summed E-state index contributed by atoms with van der Waals surface area (Å²) in [7, 11) is -3.52. The highest BCUT2D eigenvalue weighted by Crippen LogP contribution is 2.50. The minimum atomic E-state index is -3.52. The Morgan fingerprint density at radius 2 is 1.75 bits per heavy atom. The van der Waals surface area contributed by atoms with Crippen LogP contribution in [0.5, 0.6) is 5.75 Å². The van der Waals surface area contributed by atoms with Gasteiger partial charge in [0.25, 0.3) is 0 Å². The number of phosphoric acid groups is 1. The Balaban J connectivity index is 2.96. The van der Waals surface area contributed by atoms with Crippen molar-refractivity contribution in [3.8, 4) is 5.75 Å². The van der Waals surface area contributed by atoms with Crippen LogP contribution in [0.2, 0.25) is 0 Å². The number of rotatable bonds is 9. The molecule has 0 saturated carbocycles. The number of aryl methyl sites for hydroxylation is 2. The van der Waals surface area contributed by atoms with Gasteiger partial charge in [0, 0.05) is 0 Å². The molecule has 0 atom stereocenters. The summed E-state index contributed by atoms with van der Waals surface area (Å²) in [6, 6.07) is 5.84. The molecular formula is C15H25O4P. The van der Waals surface area contributed by atoms with E-state index in [4.69, 9.17) is 13.6 Å². The summed E-state index contributed by atoms with van der Waals surface area (Å²) in [5.74, 6) is 0.592. The van der Waals surface area contributed by atoms with E-state index >= 15 is 0 Å². The first-order valence-electron chi connectivity index (χ1n) is 7.22. The van der Waals surface area contributed by atoms with Gasteiger partial charge in [0.15, 0.2) is 0 Å². The van der Waals surface area contributed by atoms with Gasteiger partial charge in [-0.25, -0.2) is 4.57 Å². The molecule has 1 aromatic rings. The molecule has 0 spiro atoms. The molecule has 1 aromatic carbocycles. The molecule has 114 valence electrons. The van der Waals surface area contributed by atoms with Crippen molar-refractivity contribution in [2.45, 2.75) is 47.0 Å². The SMILES string of the molecule is CCCCc1cc(C)ccc1OP(=O)(OCC)OCC. The quantitative estimate of drug-likeness (QED) is 0.609. The largest absolute Gasteiger partial charge is 0.530 e. The van der Waals surface area contributed by atoms with E-state index in [-0.39, 0.29) is 13.2 Å². The molecule has 0 N–H and O–H groups in total. The second-order valence-electron chi connectivity index (χ2n) is 4.59. The van der Waals surface area contributed by atoms with Crippen molar-refractivity contribution in [3.05, 3.63) is 29.3 Å². The maximum atomic E-state index is 12.4. The van der Waals surface area contributed by atoms with Gasteiger partial charge in [-0.1, -0.05) is 31.0 Å². The number of hydrogen-bond donors (Lipinski definition) is 0. The van der Waals surface area contributed by atoms with Gasteiger partial charge in [-0.3, -0.25) is 9.05 Å². The Kier molecular flexibility index (Phi) is 7.28. The molecule has 5 heteroatoms.